The number of aromatic nitrogens is 1. The Kier molecular flexibility index (Phi) is 4.76. The van der Waals surface area contributed by atoms with Crippen LogP contribution in [0.5, 0.6) is 5.88 Å². The third-order valence-corrected chi connectivity index (χ3v) is 2.62. The van der Waals surface area contributed by atoms with E-state index in [2.05, 4.69) is 22.1 Å². The Labute approximate surface area is 112 Å². The lowest BCUT2D eigenvalue weighted by atomic mass is 10.3. The lowest BCUT2D eigenvalue weighted by Gasteiger charge is -2.10. The average molecular weight is 260 g/mol. The molecule has 1 fully saturated rings. The fourth-order valence-corrected chi connectivity index (χ4v) is 1.71. The second kappa shape index (κ2) is 6.76. The molecule has 0 aliphatic carbocycles. The van der Waals surface area contributed by atoms with E-state index < -0.39 is 5.97 Å². The largest absolute Gasteiger partial charge is 0.473 e. The van der Waals surface area contributed by atoms with Gasteiger partial charge in [0.05, 0.1) is 6.61 Å². The fourth-order valence-electron chi connectivity index (χ4n) is 1.71. The van der Waals surface area contributed by atoms with Gasteiger partial charge in [0, 0.05) is 30.3 Å². The Hall–Kier alpha value is -2.06. The van der Waals surface area contributed by atoms with Gasteiger partial charge in [-0.1, -0.05) is 5.92 Å². The second-order valence-corrected chi connectivity index (χ2v) is 4.09. The first-order valence-electron chi connectivity index (χ1n) is 6.30. The first-order chi connectivity index (χ1) is 9.28. The van der Waals surface area contributed by atoms with E-state index in [1.54, 1.807) is 25.3 Å². The molecule has 0 aromatic carbocycles. The number of pyridine rings is 1. The Morgan fingerprint density at radius 3 is 3.11 bits per heavy atom. The van der Waals surface area contributed by atoms with Crippen molar-refractivity contribution in [1.82, 2.24) is 10.3 Å². The topological polar surface area (TPSA) is 60.5 Å². The van der Waals surface area contributed by atoms with Gasteiger partial charge in [0.25, 0.3) is 0 Å². The summed E-state index contributed by atoms with van der Waals surface area (Å²) in [4.78, 5) is 15.2. The second-order valence-electron chi connectivity index (χ2n) is 4.09. The van der Waals surface area contributed by atoms with Gasteiger partial charge in [-0.05, 0) is 26.0 Å². The molecule has 0 amide bonds. The van der Waals surface area contributed by atoms with E-state index in [0.29, 0.717) is 18.1 Å². The molecular formula is C14H16N2O3. The quantitative estimate of drug-likeness (QED) is 0.641. The molecule has 1 aromatic rings. The van der Waals surface area contributed by atoms with Crippen molar-refractivity contribution in [1.29, 1.82) is 0 Å². The van der Waals surface area contributed by atoms with Crippen LogP contribution in [-0.2, 0) is 9.53 Å². The van der Waals surface area contributed by atoms with Crippen LogP contribution >= 0.6 is 0 Å². The minimum absolute atomic E-state index is 0.184. The van der Waals surface area contributed by atoms with Gasteiger partial charge in [-0.25, -0.2) is 9.78 Å². The summed E-state index contributed by atoms with van der Waals surface area (Å²) >= 11 is 0. The molecule has 1 unspecified atom stereocenters. The molecule has 1 aliphatic rings. The fraction of sp³-hybridized carbons (Fsp3) is 0.429. The molecule has 5 heteroatoms. The van der Waals surface area contributed by atoms with Crippen molar-refractivity contribution >= 4 is 5.97 Å². The van der Waals surface area contributed by atoms with E-state index >= 15 is 0 Å². The van der Waals surface area contributed by atoms with Gasteiger partial charge in [-0.15, -0.1) is 0 Å². The van der Waals surface area contributed by atoms with Gasteiger partial charge >= 0.3 is 5.97 Å². The van der Waals surface area contributed by atoms with Crippen molar-refractivity contribution in [2.45, 2.75) is 19.4 Å². The molecule has 2 heterocycles. The highest BCUT2D eigenvalue weighted by atomic mass is 16.5. The van der Waals surface area contributed by atoms with Gasteiger partial charge in [0.1, 0.15) is 6.10 Å². The number of nitrogens with one attached hydrogen (secondary N) is 1. The number of carbonyl (C=O) groups is 1. The first kappa shape index (κ1) is 13.4. The third kappa shape index (κ3) is 4.27. The highest BCUT2D eigenvalue weighted by Gasteiger charge is 2.15. The van der Waals surface area contributed by atoms with Gasteiger partial charge in [0.2, 0.25) is 5.88 Å². The minimum atomic E-state index is -0.528. The smallest absolute Gasteiger partial charge is 0.384 e. The SMILES string of the molecule is CCOC(=O)C#Cc1ccc(OC2CCNC2)nc1. The van der Waals surface area contributed by atoms with Crippen LogP contribution in [0.1, 0.15) is 18.9 Å². The Morgan fingerprint density at radius 2 is 2.47 bits per heavy atom. The van der Waals surface area contributed by atoms with Crippen LogP contribution in [0.2, 0.25) is 0 Å². The number of hydrogen-bond acceptors (Lipinski definition) is 5. The molecule has 100 valence electrons. The first-order valence-corrected chi connectivity index (χ1v) is 6.30. The lowest BCUT2D eigenvalue weighted by molar-refractivity contribution is -0.136. The predicted octanol–water partition coefficient (Wildman–Crippen LogP) is 0.737. The van der Waals surface area contributed by atoms with Crippen LogP contribution in [0.3, 0.4) is 0 Å². The summed E-state index contributed by atoms with van der Waals surface area (Å²) in [5, 5.41) is 3.22. The number of nitrogens with zero attached hydrogens (tertiary/aromatic N) is 1. The van der Waals surface area contributed by atoms with Crippen LogP contribution in [0.4, 0.5) is 0 Å². The summed E-state index contributed by atoms with van der Waals surface area (Å²) in [6, 6.07) is 3.53. The van der Waals surface area contributed by atoms with E-state index in [0.717, 1.165) is 19.5 Å². The van der Waals surface area contributed by atoms with Crippen molar-refractivity contribution in [3.05, 3.63) is 23.9 Å². The molecular weight excluding hydrogens is 244 g/mol. The highest BCUT2D eigenvalue weighted by Crippen LogP contribution is 2.12. The minimum Gasteiger partial charge on any atom is -0.473 e. The number of rotatable bonds is 3. The summed E-state index contributed by atoms with van der Waals surface area (Å²) < 4.78 is 10.4. The summed E-state index contributed by atoms with van der Waals surface area (Å²) in [6.45, 7) is 3.90. The Morgan fingerprint density at radius 1 is 1.58 bits per heavy atom. The average Bonchev–Trinajstić information content (AvgIpc) is 2.91. The maximum Gasteiger partial charge on any atom is 0.384 e. The highest BCUT2D eigenvalue weighted by molar-refractivity contribution is 5.89. The van der Waals surface area contributed by atoms with E-state index in [1.807, 2.05) is 0 Å². The van der Waals surface area contributed by atoms with Crippen molar-refractivity contribution in [2.75, 3.05) is 19.7 Å². The maximum absolute atomic E-state index is 11.1. The van der Waals surface area contributed by atoms with Gasteiger partial charge < -0.3 is 14.8 Å². The summed E-state index contributed by atoms with van der Waals surface area (Å²) in [6.07, 6.45) is 2.76. The van der Waals surface area contributed by atoms with Crippen LogP contribution in [0, 0.1) is 11.8 Å². The monoisotopic (exact) mass is 260 g/mol. The molecule has 2 rings (SSSR count). The molecule has 0 saturated carbocycles. The molecule has 1 N–H and O–H groups in total. The van der Waals surface area contributed by atoms with E-state index in [4.69, 9.17) is 9.47 Å². The molecule has 0 radical (unpaired) electrons. The van der Waals surface area contributed by atoms with Crippen molar-refractivity contribution < 1.29 is 14.3 Å². The van der Waals surface area contributed by atoms with Crippen molar-refractivity contribution in [3.63, 3.8) is 0 Å². The number of carbonyl (C=O) groups excluding carboxylic acids is 1. The Balaban J connectivity index is 1.92. The maximum atomic E-state index is 11.1. The number of hydrogen-bond donors (Lipinski definition) is 1. The van der Waals surface area contributed by atoms with Crippen LogP contribution in [0.25, 0.3) is 0 Å². The van der Waals surface area contributed by atoms with E-state index in [1.165, 1.54) is 0 Å². The molecule has 0 spiro atoms. The van der Waals surface area contributed by atoms with Crippen LogP contribution in [-0.4, -0.2) is 36.8 Å². The molecule has 1 saturated heterocycles. The van der Waals surface area contributed by atoms with Crippen molar-refractivity contribution in [2.24, 2.45) is 0 Å². The molecule has 1 atom stereocenters. The number of ether oxygens (including phenoxy) is 2. The normalized spacial score (nSPS) is 17.4. The van der Waals surface area contributed by atoms with Gasteiger partial charge in [-0.3, -0.25) is 0 Å². The predicted molar refractivity (Wildman–Crippen MR) is 69.7 cm³/mol. The summed E-state index contributed by atoms with van der Waals surface area (Å²) in [5.74, 6) is 5.14. The van der Waals surface area contributed by atoms with Gasteiger partial charge in [0.15, 0.2) is 0 Å². The zero-order valence-electron chi connectivity index (χ0n) is 10.8. The zero-order chi connectivity index (χ0) is 13.5. The Bertz CT molecular complexity index is 482. The van der Waals surface area contributed by atoms with E-state index in [-0.39, 0.29) is 6.10 Å². The number of esters is 1. The van der Waals surface area contributed by atoms with Crippen LogP contribution < -0.4 is 10.1 Å². The summed E-state index contributed by atoms with van der Waals surface area (Å²) in [7, 11) is 0. The van der Waals surface area contributed by atoms with Crippen molar-refractivity contribution in [3.8, 4) is 17.7 Å². The lowest BCUT2D eigenvalue weighted by Crippen LogP contribution is -2.19. The molecule has 1 aromatic heterocycles. The molecule has 19 heavy (non-hydrogen) atoms. The molecule has 1 aliphatic heterocycles. The zero-order valence-corrected chi connectivity index (χ0v) is 10.8. The standard InChI is InChI=1S/C14H16N2O3/c1-2-18-14(17)6-4-11-3-5-13(16-9-11)19-12-7-8-15-10-12/h3,5,9,12,15H,2,7-8,10H2,1H3. The van der Waals surface area contributed by atoms with E-state index in [9.17, 15) is 4.79 Å². The van der Waals surface area contributed by atoms with Crippen LogP contribution in [0.15, 0.2) is 18.3 Å². The van der Waals surface area contributed by atoms with Gasteiger partial charge in [-0.2, -0.15) is 0 Å². The molecule has 0 bridgehead atoms. The third-order valence-electron chi connectivity index (χ3n) is 2.62. The summed E-state index contributed by atoms with van der Waals surface area (Å²) in [5.41, 5.74) is 0.657. The molecule has 5 nitrogen and oxygen atoms in total.